The molecule has 156 valence electrons. The maximum Gasteiger partial charge on any atom is 0.255 e. The summed E-state index contributed by atoms with van der Waals surface area (Å²) in [7, 11) is 0. The predicted octanol–water partition coefficient (Wildman–Crippen LogP) is 5.36. The van der Waals surface area contributed by atoms with E-state index in [1.54, 1.807) is 48.8 Å². The van der Waals surface area contributed by atoms with E-state index in [9.17, 15) is 4.79 Å². The molecular formula is C23H23ClN2O4. The van der Waals surface area contributed by atoms with Crippen LogP contribution in [0.2, 0.25) is 5.02 Å². The molecule has 30 heavy (non-hydrogen) atoms. The van der Waals surface area contributed by atoms with E-state index in [0.29, 0.717) is 53.3 Å². The van der Waals surface area contributed by atoms with E-state index >= 15 is 0 Å². The topological polar surface area (TPSA) is 69.7 Å². The summed E-state index contributed by atoms with van der Waals surface area (Å²) in [6, 6.07) is 13.9. The number of ether oxygens (including phenoxy) is 3. The second-order valence-corrected chi connectivity index (χ2v) is 6.71. The molecule has 0 aliphatic heterocycles. The van der Waals surface area contributed by atoms with E-state index in [2.05, 4.69) is 10.3 Å². The van der Waals surface area contributed by atoms with E-state index in [1.165, 1.54) is 0 Å². The molecule has 2 aromatic carbocycles. The monoisotopic (exact) mass is 426 g/mol. The van der Waals surface area contributed by atoms with Crippen LogP contribution in [0.5, 0.6) is 17.2 Å². The van der Waals surface area contributed by atoms with Gasteiger partial charge in [-0.1, -0.05) is 17.7 Å². The van der Waals surface area contributed by atoms with Crippen molar-refractivity contribution in [2.24, 2.45) is 0 Å². The number of carbonyl (C=O) groups excluding carboxylic acids is 1. The third-order valence-corrected chi connectivity index (χ3v) is 4.35. The highest BCUT2D eigenvalue weighted by Crippen LogP contribution is 2.31. The van der Waals surface area contributed by atoms with Gasteiger partial charge < -0.3 is 19.5 Å². The number of rotatable bonds is 9. The van der Waals surface area contributed by atoms with E-state index in [0.717, 1.165) is 5.56 Å². The molecule has 0 atom stereocenters. The summed E-state index contributed by atoms with van der Waals surface area (Å²) in [6.07, 6.45) is 3.45. The standard InChI is InChI=1S/C23H23ClN2O4/c1-3-28-20-10-8-18(24)13-19(20)26-23(27)17-7-9-21(22(12-17)29-4-2)30-15-16-6-5-11-25-14-16/h5-14H,3-4,15H2,1-2H3,(H,26,27). The van der Waals surface area contributed by atoms with Crippen molar-refractivity contribution in [3.8, 4) is 17.2 Å². The Hall–Kier alpha value is -3.25. The molecule has 0 aliphatic carbocycles. The van der Waals surface area contributed by atoms with Crippen molar-refractivity contribution in [3.63, 3.8) is 0 Å². The van der Waals surface area contributed by atoms with Gasteiger partial charge in [0.2, 0.25) is 0 Å². The van der Waals surface area contributed by atoms with Gasteiger partial charge in [-0.05, 0) is 56.3 Å². The van der Waals surface area contributed by atoms with Gasteiger partial charge >= 0.3 is 0 Å². The quantitative estimate of drug-likeness (QED) is 0.498. The van der Waals surface area contributed by atoms with Crippen LogP contribution in [0.1, 0.15) is 29.8 Å². The molecule has 3 rings (SSSR count). The number of anilines is 1. The van der Waals surface area contributed by atoms with Crippen LogP contribution in [0.15, 0.2) is 60.9 Å². The van der Waals surface area contributed by atoms with Gasteiger partial charge in [0.05, 0.1) is 18.9 Å². The SMILES string of the molecule is CCOc1ccc(Cl)cc1NC(=O)c1ccc(OCc2cccnc2)c(OCC)c1. The third-order valence-electron chi connectivity index (χ3n) is 4.11. The molecule has 0 unspecified atom stereocenters. The number of halogens is 1. The second kappa shape index (κ2) is 10.5. The van der Waals surface area contributed by atoms with Crippen molar-refractivity contribution in [2.45, 2.75) is 20.5 Å². The lowest BCUT2D eigenvalue weighted by molar-refractivity contribution is 0.102. The Morgan fingerprint density at radius 1 is 0.967 bits per heavy atom. The molecule has 0 saturated carbocycles. The lowest BCUT2D eigenvalue weighted by Gasteiger charge is -2.15. The normalized spacial score (nSPS) is 10.4. The van der Waals surface area contributed by atoms with E-state index in [1.807, 2.05) is 26.0 Å². The summed E-state index contributed by atoms with van der Waals surface area (Å²) in [5.74, 6) is 1.29. The van der Waals surface area contributed by atoms with Crippen molar-refractivity contribution in [2.75, 3.05) is 18.5 Å². The van der Waals surface area contributed by atoms with Crippen LogP contribution in [0.25, 0.3) is 0 Å². The summed E-state index contributed by atoms with van der Waals surface area (Å²) in [5.41, 5.74) is 1.87. The van der Waals surface area contributed by atoms with Gasteiger partial charge in [-0.15, -0.1) is 0 Å². The first kappa shape index (κ1) is 21.5. The molecule has 0 aliphatic rings. The van der Waals surface area contributed by atoms with Gasteiger partial charge in [0, 0.05) is 28.5 Å². The number of nitrogens with zero attached hydrogens (tertiary/aromatic N) is 1. The number of nitrogens with one attached hydrogen (secondary N) is 1. The highest BCUT2D eigenvalue weighted by atomic mass is 35.5. The van der Waals surface area contributed by atoms with Crippen molar-refractivity contribution in [1.29, 1.82) is 0 Å². The van der Waals surface area contributed by atoms with Crippen LogP contribution in [-0.4, -0.2) is 24.1 Å². The van der Waals surface area contributed by atoms with Gasteiger partial charge in [0.25, 0.3) is 5.91 Å². The molecule has 1 aromatic heterocycles. The van der Waals surface area contributed by atoms with Crippen molar-refractivity contribution < 1.29 is 19.0 Å². The largest absolute Gasteiger partial charge is 0.492 e. The molecule has 0 bridgehead atoms. The summed E-state index contributed by atoms with van der Waals surface area (Å²) in [5, 5.41) is 3.35. The molecular weight excluding hydrogens is 404 g/mol. The van der Waals surface area contributed by atoms with E-state index < -0.39 is 0 Å². The van der Waals surface area contributed by atoms with Crippen LogP contribution >= 0.6 is 11.6 Å². The predicted molar refractivity (Wildman–Crippen MR) is 117 cm³/mol. The molecule has 0 fully saturated rings. The summed E-state index contributed by atoms with van der Waals surface area (Å²) >= 11 is 6.07. The Bertz CT molecular complexity index is 996. The highest BCUT2D eigenvalue weighted by Gasteiger charge is 2.14. The molecule has 0 radical (unpaired) electrons. The molecule has 0 spiro atoms. The van der Waals surface area contributed by atoms with Gasteiger partial charge in [0.1, 0.15) is 12.4 Å². The number of amides is 1. The average molecular weight is 427 g/mol. The Morgan fingerprint density at radius 3 is 2.47 bits per heavy atom. The molecule has 1 amide bonds. The van der Waals surface area contributed by atoms with Gasteiger partial charge in [-0.2, -0.15) is 0 Å². The van der Waals surface area contributed by atoms with Crippen LogP contribution < -0.4 is 19.5 Å². The van der Waals surface area contributed by atoms with Crippen LogP contribution in [-0.2, 0) is 6.61 Å². The first-order valence-corrected chi connectivity index (χ1v) is 10.0. The molecule has 3 aromatic rings. The van der Waals surface area contributed by atoms with Crippen LogP contribution in [0.4, 0.5) is 5.69 Å². The summed E-state index contributed by atoms with van der Waals surface area (Å²) < 4.78 is 17.1. The molecule has 6 nitrogen and oxygen atoms in total. The van der Waals surface area contributed by atoms with Crippen molar-refractivity contribution in [1.82, 2.24) is 4.98 Å². The fourth-order valence-corrected chi connectivity index (χ4v) is 2.93. The third kappa shape index (κ3) is 5.64. The Labute approximate surface area is 180 Å². The first-order chi connectivity index (χ1) is 14.6. The van der Waals surface area contributed by atoms with E-state index in [4.69, 9.17) is 25.8 Å². The zero-order valence-corrected chi connectivity index (χ0v) is 17.6. The van der Waals surface area contributed by atoms with Crippen LogP contribution in [0.3, 0.4) is 0 Å². The van der Waals surface area contributed by atoms with Crippen LogP contribution in [0, 0.1) is 0 Å². The zero-order valence-electron chi connectivity index (χ0n) is 16.9. The fourth-order valence-electron chi connectivity index (χ4n) is 2.76. The molecule has 7 heteroatoms. The Balaban J connectivity index is 1.78. The van der Waals surface area contributed by atoms with E-state index in [-0.39, 0.29) is 5.91 Å². The lowest BCUT2D eigenvalue weighted by atomic mass is 10.1. The van der Waals surface area contributed by atoms with Gasteiger partial charge in [-0.25, -0.2) is 0 Å². The Kier molecular flexibility index (Phi) is 7.51. The number of hydrogen-bond acceptors (Lipinski definition) is 5. The number of aromatic nitrogens is 1. The smallest absolute Gasteiger partial charge is 0.255 e. The minimum atomic E-state index is -0.307. The second-order valence-electron chi connectivity index (χ2n) is 6.27. The molecule has 0 saturated heterocycles. The maximum absolute atomic E-state index is 12.8. The number of benzene rings is 2. The summed E-state index contributed by atoms with van der Waals surface area (Å²) in [6.45, 7) is 5.01. The first-order valence-electron chi connectivity index (χ1n) is 9.63. The highest BCUT2D eigenvalue weighted by molar-refractivity contribution is 6.31. The fraction of sp³-hybridized carbons (Fsp3) is 0.217. The number of carbonyl (C=O) groups is 1. The minimum Gasteiger partial charge on any atom is -0.492 e. The van der Waals surface area contributed by atoms with Crippen molar-refractivity contribution in [3.05, 3.63) is 77.1 Å². The Morgan fingerprint density at radius 2 is 1.73 bits per heavy atom. The van der Waals surface area contributed by atoms with Gasteiger partial charge in [-0.3, -0.25) is 9.78 Å². The summed E-state index contributed by atoms with van der Waals surface area (Å²) in [4.78, 5) is 16.9. The maximum atomic E-state index is 12.8. The minimum absolute atomic E-state index is 0.307. The zero-order chi connectivity index (χ0) is 21.3. The molecule has 1 N–H and O–H groups in total. The average Bonchev–Trinajstić information content (AvgIpc) is 2.75. The van der Waals surface area contributed by atoms with Crippen molar-refractivity contribution >= 4 is 23.2 Å². The number of hydrogen-bond donors (Lipinski definition) is 1. The molecule has 1 heterocycles. The lowest BCUT2D eigenvalue weighted by Crippen LogP contribution is -2.13. The van der Waals surface area contributed by atoms with Gasteiger partial charge in [0.15, 0.2) is 11.5 Å². The number of pyridine rings is 1.